The summed E-state index contributed by atoms with van der Waals surface area (Å²) in [5.74, 6) is -0.0986. The summed E-state index contributed by atoms with van der Waals surface area (Å²) in [4.78, 5) is 0. The molecule has 100 valence electrons. The molecule has 0 atom stereocenters. The Balaban J connectivity index is 2.61. The third kappa shape index (κ3) is 2.18. The molecule has 0 unspecified atom stereocenters. The van der Waals surface area contributed by atoms with Crippen molar-refractivity contribution in [2.45, 2.75) is 39.9 Å². The Morgan fingerprint density at radius 3 is 2.00 bits per heavy atom. The molecule has 0 saturated carbocycles. The predicted octanol–water partition coefficient (Wildman–Crippen LogP) is 3.75. The van der Waals surface area contributed by atoms with Gasteiger partial charge in [-0.15, -0.1) is 11.6 Å². The SMILES string of the molecule is Cc1cc(C)c(C)c(C2(CCCl)OCCO2)c1C. The van der Waals surface area contributed by atoms with Crippen molar-refractivity contribution in [3.63, 3.8) is 0 Å². The molecule has 1 saturated heterocycles. The molecule has 0 N–H and O–H groups in total. The van der Waals surface area contributed by atoms with Gasteiger partial charge in [0.15, 0.2) is 5.79 Å². The minimum Gasteiger partial charge on any atom is -0.343 e. The molecular weight excluding hydrogens is 248 g/mol. The summed E-state index contributed by atoms with van der Waals surface area (Å²) in [5, 5.41) is 0. The first-order valence-corrected chi connectivity index (χ1v) is 6.97. The van der Waals surface area contributed by atoms with Crippen LogP contribution in [0, 0.1) is 27.7 Å². The van der Waals surface area contributed by atoms with Crippen LogP contribution in [0.4, 0.5) is 0 Å². The highest BCUT2D eigenvalue weighted by atomic mass is 35.5. The van der Waals surface area contributed by atoms with Gasteiger partial charge in [-0.1, -0.05) is 6.07 Å². The molecule has 2 rings (SSSR count). The Bertz CT molecular complexity index is 422. The van der Waals surface area contributed by atoms with Crippen molar-refractivity contribution in [1.82, 2.24) is 0 Å². The maximum Gasteiger partial charge on any atom is 0.196 e. The van der Waals surface area contributed by atoms with E-state index >= 15 is 0 Å². The third-order valence-corrected chi connectivity index (χ3v) is 4.11. The molecule has 2 nitrogen and oxygen atoms in total. The quantitative estimate of drug-likeness (QED) is 0.778. The summed E-state index contributed by atoms with van der Waals surface area (Å²) in [6.07, 6.45) is 0.694. The molecule has 1 fully saturated rings. The van der Waals surface area contributed by atoms with Gasteiger partial charge in [0.05, 0.1) is 13.2 Å². The second-order valence-corrected chi connectivity index (χ2v) is 5.40. The molecule has 0 aliphatic carbocycles. The van der Waals surface area contributed by atoms with E-state index in [1.54, 1.807) is 0 Å². The first-order valence-electron chi connectivity index (χ1n) is 6.43. The average Bonchev–Trinajstić information content (AvgIpc) is 2.77. The summed E-state index contributed by atoms with van der Waals surface area (Å²) in [6.45, 7) is 9.82. The van der Waals surface area contributed by atoms with Gasteiger partial charge in [0.2, 0.25) is 0 Å². The van der Waals surface area contributed by atoms with Crippen LogP contribution in [0.15, 0.2) is 6.07 Å². The van der Waals surface area contributed by atoms with Gasteiger partial charge < -0.3 is 9.47 Å². The summed E-state index contributed by atoms with van der Waals surface area (Å²) in [5.41, 5.74) is 6.25. The third-order valence-electron chi connectivity index (χ3n) is 3.92. The van der Waals surface area contributed by atoms with Crippen LogP contribution in [0.3, 0.4) is 0 Å². The van der Waals surface area contributed by atoms with E-state index < -0.39 is 5.79 Å². The average molecular weight is 269 g/mol. The van der Waals surface area contributed by atoms with Crippen LogP contribution < -0.4 is 0 Å². The molecule has 18 heavy (non-hydrogen) atoms. The van der Waals surface area contributed by atoms with Crippen LogP contribution in [-0.4, -0.2) is 19.1 Å². The first kappa shape index (κ1) is 13.9. The normalized spacial score (nSPS) is 18.3. The van der Waals surface area contributed by atoms with Gasteiger partial charge in [0.1, 0.15) is 0 Å². The van der Waals surface area contributed by atoms with E-state index in [0.717, 1.165) is 0 Å². The molecule has 0 spiro atoms. The fourth-order valence-electron chi connectivity index (χ4n) is 2.78. The molecule has 0 radical (unpaired) electrons. The van der Waals surface area contributed by atoms with Crippen LogP contribution >= 0.6 is 11.6 Å². The molecule has 0 bridgehead atoms. The Kier molecular flexibility index (Phi) is 4.00. The lowest BCUT2D eigenvalue weighted by atomic mass is 9.88. The van der Waals surface area contributed by atoms with Gasteiger partial charge in [-0.2, -0.15) is 0 Å². The summed E-state index contributed by atoms with van der Waals surface area (Å²) >= 11 is 5.95. The number of aryl methyl sites for hydroxylation is 2. The molecule has 1 aliphatic heterocycles. The van der Waals surface area contributed by atoms with Gasteiger partial charge in [-0.25, -0.2) is 0 Å². The van der Waals surface area contributed by atoms with E-state index in [4.69, 9.17) is 21.1 Å². The Morgan fingerprint density at radius 2 is 1.56 bits per heavy atom. The van der Waals surface area contributed by atoms with Gasteiger partial charge >= 0.3 is 0 Å². The maximum absolute atomic E-state index is 5.95. The number of rotatable bonds is 3. The van der Waals surface area contributed by atoms with Crippen molar-refractivity contribution in [3.8, 4) is 0 Å². The number of benzene rings is 1. The molecule has 0 amide bonds. The lowest BCUT2D eigenvalue weighted by Crippen LogP contribution is -2.30. The highest BCUT2D eigenvalue weighted by Gasteiger charge is 2.40. The van der Waals surface area contributed by atoms with Crippen molar-refractivity contribution in [2.75, 3.05) is 19.1 Å². The maximum atomic E-state index is 5.95. The number of halogens is 1. The fourth-order valence-corrected chi connectivity index (χ4v) is 3.03. The van der Waals surface area contributed by atoms with Crippen molar-refractivity contribution >= 4 is 11.6 Å². The standard InChI is InChI=1S/C15H21ClO2/c1-10-9-11(2)13(4)14(12(10)3)15(5-6-16)17-7-8-18-15/h9H,5-8H2,1-4H3. The Hall–Kier alpha value is -0.570. The molecule has 0 aromatic heterocycles. The molecule has 1 aromatic carbocycles. The molecule has 1 aromatic rings. The lowest BCUT2D eigenvalue weighted by Gasteiger charge is -2.31. The fraction of sp³-hybridized carbons (Fsp3) is 0.600. The van der Waals surface area contributed by atoms with Crippen LogP contribution in [-0.2, 0) is 15.3 Å². The summed E-state index contributed by atoms with van der Waals surface area (Å²) < 4.78 is 11.9. The van der Waals surface area contributed by atoms with Gasteiger partial charge in [-0.3, -0.25) is 0 Å². The Labute approximate surface area is 114 Å². The first-order chi connectivity index (χ1) is 8.52. The van der Waals surface area contributed by atoms with E-state index in [9.17, 15) is 0 Å². The topological polar surface area (TPSA) is 18.5 Å². The molecule has 1 heterocycles. The van der Waals surface area contributed by atoms with Crippen LogP contribution in [0.25, 0.3) is 0 Å². The van der Waals surface area contributed by atoms with E-state index in [1.807, 2.05) is 0 Å². The number of hydrogen-bond acceptors (Lipinski definition) is 2. The van der Waals surface area contributed by atoms with Crippen LogP contribution in [0.2, 0.25) is 0 Å². The van der Waals surface area contributed by atoms with Crippen molar-refractivity contribution in [3.05, 3.63) is 33.9 Å². The highest BCUT2D eigenvalue weighted by molar-refractivity contribution is 6.17. The summed E-state index contributed by atoms with van der Waals surface area (Å²) in [6, 6.07) is 2.22. The number of alkyl halides is 1. The predicted molar refractivity (Wildman–Crippen MR) is 74.3 cm³/mol. The monoisotopic (exact) mass is 268 g/mol. The zero-order valence-electron chi connectivity index (χ0n) is 11.6. The van der Waals surface area contributed by atoms with Gasteiger partial charge in [0, 0.05) is 17.9 Å². The molecule has 1 aliphatic rings. The number of ether oxygens (including phenoxy) is 2. The highest BCUT2D eigenvalue weighted by Crippen LogP contribution is 2.40. The molecule has 3 heteroatoms. The zero-order valence-corrected chi connectivity index (χ0v) is 12.4. The molecular formula is C15H21ClO2. The zero-order chi connectivity index (χ0) is 13.3. The second kappa shape index (κ2) is 5.20. The van der Waals surface area contributed by atoms with Gasteiger partial charge in [-0.05, 0) is 49.9 Å². The minimum absolute atomic E-state index is 0.534. The van der Waals surface area contributed by atoms with Crippen molar-refractivity contribution in [2.24, 2.45) is 0 Å². The van der Waals surface area contributed by atoms with E-state index in [-0.39, 0.29) is 0 Å². The van der Waals surface area contributed by atoms with Gasteiger partial charge in [0.25, 0.3) is 0 Å². The lowest BCUT2D eigenvalue weighted by molar-refractivity contribution is -0.167. The second-order valence-electron chi connectivity index (χ2n) is 5.02. The largest absolute Gasteiger partial charge is 0.343 e. The van der Waals surface area contributed by atoms with Crippen molar-refractivity contribution in [1.29, 1.82) is 0 Å². The Morgan fingerprint density at radius 1 is 1.06 bits per heavy atom. The summed E-state index contributed by atoms with van der Waals surface area (Å²) in [7, 11) is 0. The minimum atomic E-state index is -0.632. The van der Waals surface area contributed by atoms with Crippen LogP contribution in [0.1, 0.15) is 34.2 Å². The van der Waals surface area contributed by atoms with Crippen molar-refractivity contribution < 1.29 is 9.47 Å². The van der Waals surface area contributed by atoms with E-state index in [1.165, 1.54) is 27.8 Å². The van der Waals surface area contributed by atoms with E-state index in [0.29, 0.717) is 25.5 Å². The number of hydrogen-bond donors (Lipinski definition) is 0. The van der Waals surface area contributed by atoms with Crippen LogP contribution in [0.5, 0.6) is 0 Å². The smallest absolute Gasteiger partial charge is 0.196 e. The van der Waals surface area contributed by atoms with E-state index in [2.05, 4.69) is 33.8 Å².